The zero-order valence-corrected chi connectivity index (χ0v) is 10.4. The summed E-state index contributed by atoms with van der Waals surface area (Å²) in [6.45, 7) is 6.55. The molecule has 94 valence electrons. The molecule has 3 atom stereocenters. The molecule has 17 heavy (non-hydrogen) atoms. The largest absolute Gasteiger partial charge is 0.373 e. The predicted octanol–water partition coefficient (Wildman–Crippen LogP) is 0.586. The van der Waals surface area contributed by atoms with E-state index in [0.717, 1.165) is 18.8 Å². The van der Waals surface area contributed by atoms with Crippen molar-refractivity contribution in [2.45, 2.75) is 32.1 Å². The summed E-state index contributed by atoms with van der Waals surface area (Å²) in [5.41, 5.74) is 6.87. The van der Waals surface area contributed by atoms with Crippen molar-refractivity contribution in [1.29, 1.82) is 0 Å². The van der Waals surface area contributed by atoms with E-state index in [4.69, 9.17) is 10.5 Å². The van der Waals surface area contributed by atoms with Crippen molar-refractivity contribution in [2.75, 3.05) is 19.6 Å². The van der Waals surface area contributed by atoms with Crippen LogP contribution < -0.4 is 5.73 Å². The fourth-order valence-corrected chi connectivity index (χ4v) is 2.43. The molecule has 0 radical (unpaired) electrons. The van der Waals surface area contributed by atoms with Gasteiger partial charge < -0.3 is 10.5 Å². The summed E-state index contributed by atoms with van der Waals surface area (Å²) in [4.78, 5) is 10.6. The van der Waals surface area contributed by atoms with Crippen LogP contribution in [0.15, 0.2) is 18.6 Å². The van der Waals surface area contributed by atoms with Crippen LogP contribution in [0.5, 0.6) is 0 Å². The van der Waals surface area contributed by atoms with Crippen LogP contribution >= 0.6 is 0 Å². The van der Waals surface area contributed by atoms with Gasteiger partial charge in [-0.1, -0.05) is 0 Å². The minimum atomic E-state index is 0.159. The molecular formula is C12H20N4O. The molecule has 2 rings (SSSR count). The maximum Gasteiger partial charge on any atom is 0.115 e. The third-order valence-corrected chi connectivity index (χ3v) is 3.06. The first-order valence-electron chi connectivity index (χ1n) is 6.06. The summed E-state index contributed by atoms with van der Waals surface area (Å²) >= 11 is 0. The lowest BCUT2D eigenvalue weighted by Crippen LogP contribution is -2.48. The van der Waals surface area contributed by atoms with Gasteiger partial charge >= 0.3 is 0 Å². The summed E-state index contributed by atoms with van der Waals surface area (Å²) < 4.78 is 5.73. The van der Waals surface area contributed by atoms with E-state index in [9.17, 15) is 0 Å². The molecule has 1 aromatic heterocycles. The highest BCUT2D eigenvalue weighted by molar-refractivity contribution is 5.06. The number of hydrogen-bond acceptors (Lipinski definition) is 5. The van der Waals surface area contributed by atoms with Crippen LogP contribution in [0, 0.1) is 0 Å². The van der Waals surface area contributed by atoms with Crippen molar-refractivity contribution in [1.82, 2.24) is 14.9 Å². The Morgan fingerprint density at radius 3 is 2.71 bits per heavy atom. The van der Waals surface area contributed by atoms with Crippen LogP contribution in [0.25, 0.3) is 0 Å². The van der Waals surface area contributed by atoms with Gasteiger partial charge in [-0.15, -0.1) is 0 Å². The molecule has 2 N–H and O–H groups in total. The number of aromatic nitrogens is 2. The molecule has 1 unspecified atom stereocenters. The standard InChI is InChI=1S/C12H20N4O/c1-9-6-16(7-10(2)17-9)12(5-13)11-3-4-14-8-15-11/h3-4,8-10,12H,5-7,13H2,1-2H3/t9-,10+,12?. The molecule has 5 nitrogen and oxygen atoms in total. The molecule has 1 aliphatic rings. The number of nitrogens with zero attached hydrogens (tertiary/aromatic N) is 3. The van der Waals surface area contributed by atoms with Gasteiger partial charge in [-0.25, -0.2) is 9.97 Å². The van der Waals surface area contributed by atoms with Crippen LogP contribution in [-0.2, 0) is 4.74 Å². The number of morpholine rings is 1. The van der Waals surface area contributed by atoms with E-state index >= 15 is 0 Å². The van der Waals surface area contributed by atoms with Gasteiger partial charge in [0.05, 0.1) is 23.9 Å². The maximum atomic E-state index is 5.88. The molecule has 1 fully saturated rings. The number of nitrogens with two attached hydrogens (primary N) is 1. The summed E-state index contributed by atoms with van der Waals surface area (Å²) in [5.74, 6) is 0. The smallest absolute Gasteiger partial charge is 0.115 e. The van der Waals surface area contributed by atoms with Gasteiger partial charge in [0.15, 0.2) is 0 Å². The minimum absolute atomic E-state index is 0.159. The van der Waals surface area contributed by atoms with Crippen molar-refractivity contribution in [3.63, 3.8) is 0 Å². The zero-order chi connectivity index (χ0) is 12.3. The highest BCUT2D eigenvalue weighted by Gasteiger charge is 2.28. The second kappa shape index (κ2) is 5.53. The van der Waals surface area contributed by atoms with E-state index in [2.05, 4.69) is 28.7 Å². The van der Waals surface area contributed by atoms with Crippen molar-refractivity contribution in [2.24, 2.45) is 5.73 Å². The summed E-state index contributed by atoms with van der Waals surface area (Å²) in [6, 6.07) is 2.09. The zero-order valence-electron chi connectivity index (χ0n) is 10.4. The molecule has 0 saturated carbocycles. The van der Waals surface area contributed by atoms with E-state index in [-0.39, 0.29) is 18.2 Å². The van der Waals surface area contributed by atoms with E-state index < -0.39 is 0 Å². The van der Waals surface area contributed by atoms with Gasteiger partial charge in [0.1, 0.15) is 6.33 Å². The monoisotopic (exact) mass is 236 g/mol. The number of rotatable bonds is 3. The third kappa shape index (κ3) is 3.00. The van der Waals surface area contributed by atoms with E-state index in [1.54, 1.807) is 12.5 Å². The minimum Gasteiger partial charge on any atom is -0.373 e. The topological polar surface area (TPSA) is 64.3 Å². The molecule has 0 bridgehead atoms. The quantitative estimate of drug-likeness (QED) is 0.832. The Hall–Kier alpha value is -1.04. The molecular weight excluding hydrogens is 216 g/mol. The Morgan fingerprint density at radius 1 is 1.47 bits per heavy atom. The van der Waals surface area contributed by atoms with Crippen molar-refractivity contribution in [3.8, 4) is 0 Å². The van der Waals surface area contributed by atoms with Crippen molar-refractivity contribution >= 4 is 0 Å². The van der Waals surface area contributed by atoms with E-state index in [1.165, 1.54) is 0 Å². The molecule has 2 heterocycles. The predicted molar refractivity (Wildman–Crippen MR) is 65.4 cm³/mol. The Kier molecular flexibility index (Phi) is 4.04. The molecule has 0 spiro atoms. The first-order chi connectivity index (χ1) is 8.20. The normalized spacial score (nSPS) is 27.9. The van der Waals surface area contributed by atoms with Crippen LogP contribution in [-0.4, -0.2) is 46.7 Å². The van der Waals surface area contributed by atoms with Gasteiger partial charge in [0.2, 0.25) is 0 Å². The molecule has 1 aromatic rings. The lowest BCUT2D eigenvalue weighted by Gasteiger charge is -2.39. The Bertz CT molecular complexity index is 336. The highest BCUT2D eigenvalue weighted by Crippen LogP contribution is 2.22. The molecule has 0 aromatic carbocycles. The Morgan fingerprint density at radius 2 is 2.18 bits per heavy atom. The average Bonchev–Trinajstić information content (AvgIpc) is 2.30. The fraction of sp³-hybridized carbons (Fsp3) is 0.667. The SMILES string of the molecule is C[C@@H]1CN(C(CN)c2ccncn2)C[C@H](C)O1. The fourth-order valence-electron chi connectivity index (χ4n) is 2.43. The maximum absolute atomic E-state index is 5.88. The van der Waals surface area contributed by atoms with Crippen LogP contribution in [0.2, 0.25) is 0 Å². The Labute approximate surface area is 102 Å². The van der Waals surface area contributed by atoms with Gasteiger partial charge in [-0.2, -0.15) is 0 Å². The third-order valence-electron chi connectivity index (χ3n) is 3.06. The molecule has 1 aliphatic heterocycles. The summed E-state index contributed by atoms with van der Waals surface area (Å²) in [5, 5.41) is 0. The van der Waals surface area contributed by atoms with Crippen molar-refractivity contribution < 1.29 is 4.74 Å². The number of ether oxygens (including phenoxy) is 1. The van der Waals surface area contributed by atoms with E-state index in [1.807, 2.05) is 6.07 Å². The molecule has 1 saturated heterocycles. The lowest BCUT2D eigenvalue weighted by molar-refractivity contribution is -0.0803. The van der Waals surface area contributed by atoms with Gasteiger partial charge in [0, 0.05) is 25.8 Å². The second-order valence-electron chi connectivity index (χ2n) is 4.60. The summed E-state index contributed by atoms with van der Waals surface area (Å²) in [7, 11) is 0. The second-order valence-corrected chi connectivity index (χ2v) is 4.60. The van der Waals surface area contributed by atoms with Crippen molar-refractivity contribution in [3.05, 3.63) is 24.3 Å². The first-order valence-corrected chi connectivity index (χ1v) is 6.06. The van der Waals surface area contributed by atoms with Gasteiger partial charge in [0.25, 0.3) is 0 Å². The molecule has 5 heteroatoms. The highest BCUT2D eigenvalue weighted by atomic mass is 16.5. The van der Waals surface area contributed by atoms with Gasteiger partial charge in [-0.05, 0) is 19.9 Å². The number of hydrogen-bond donors (Lipinski definition) is 1. The lowest BCUT2D eigenvalue weighted by atomic mass is 10.1. The van der Waals surface area contributed by atoms with Crippen LogP contribution in [0.1, 0.15) is 25.6 Å². The van der Waals surface area contributed by atoms with Crippen LogP contribution in [0.3, 0.4) is 0 Å². The van der Waals surface area contributed by atoms with Gasteiger partial charge in [-0.3, -0.25) is 4.90 Å². The van der Waals surface area contributed by atoms with E-state index in [0.29, 0.717) is 6.54 Å². The molecule has 0 aliphatic carbocycles. The Balaban J connectivity index is 2.13. The first kappa shape index (κ1) is 12.4. The summed E-state index contributed by atoms with van der Waals surface area (Å²) in [6.07, 6.45) is 3.83. The van der Waals surface area contributed by atoms with Crippen LogP contribution in [0.4, 0.5) is 0 Å². The average molecular weight is 236 g/mol. The molecule has 0 amide bonds.